The number of nitrogens with one attached hydrogen (secondary N) is 1. The Morgan fingerprint density at radius 3 is 2.49 bits per heavy atom. The van der Waals surface area contributed by atoms with E-state index in [4.69, 9.17) is 9.47 Å². The van der Waals surface area contributed by atoms with Crippen molar-refractivity contribution in [3.05, 3.63) is 93.9 Å². The molecule has 0 radical (unpaired) electrons. The molecule has 0 spiro atoms. The van der Waals surface area contributed by atoms with Crippen molar-refractivity contribution in [2.24, 2.45) is 5.92 Å². The van der Waals surface area contributed by atoms with Gasteiger partial charge in [-0.15, -0.1) is 0 Å². The largest absolute Gasteiger partial charge is 0.507 e. The predicted octanol–water partition coefficient (Wildman–Crippen LogP) is 6.33. The molecule has 2 heterocycles. The molecule has 0 fully saturated rings. The van der Waals surface area contributed by atoms with Gasteiger partial charge in [0.1, 0.15) is 23.0 Å². The smallest absolute Gasteiger partial charge is 0.273 e. The average molecular weight is 530 g/mol. The number of phenols is 1. The molecule has 3 aromatic carbocycles. The molecule has 2 N–H and O–H groups in total. The molecule has 4 aromatic rings. The number of methoxy groups -OCH3 is 1. The van der Waals surface area contributed by atoms with Gasteiger partial charge in [-0.1, -0.05) is 38.1 Å². The van der Waals surface area contributed by atoms with Crippen molar-refractivity contribution in [1.29, 1.82) is 0 Å². The minimum Gasteiger partial charge on any atom is -0.507 e. The number of aromatic nitrogens is 2. The van der Waals surface area contributed by atoms with Gasteiger partial charge in [-0.2, -0.15) is 5.10 Å². The lowest BCUT2D eigenvalue weighted by Gasteiger charge is -2.27. The maximum Gasteiger partial charge on any atom is 0.273 e. The number of carbonyl (C=O) groups excluding carboxylic acids is 1. The first-order chi connectivity index (χ1) is 18.7. The average Bonchev–Trinajstić information content (AvgIpc) is 3.42. The molecule has 1 unspecified atom stereocenters. The molecule has 1 amide bonds. The monoisotopic (exact) mass is 529 g/mol. The van der Waals surface area contributed by atoms with Gasteiger partial charge in [-0.25, -0.2) is 4.39 Å². The highest BCUT2D eigenvalue weighted by molar-refractivity contribution is 6.00. The van der Waals surface area contributed by atoms with Gasteiger partial charge in [0, 0.05) is 17.7 Å². The minimum atomic E-state index is -0.542. The molecule has 0 saturated carbocycles. The van der Waals surface area contributed by atoms with E-state index in [-0.39, 0.29) is 24.0 Å². The van der Waals surface area contributed by atoms with E-state index in [2.05, 4.69) is 24.0 Å². The highest BCUT2D eigenvalue weighted by Gasteiger charge is 2.43. The third kappa shape index (κ3) is 4.94. The Morgan fingerprint density at radius 1 is 1.08 bits per heavy atom. The van der Waals surface area contributed by atoms with Gasteiger partial charge in [0.25, 0.3) is 5.91 Å². The van der Waals surface area contributed by atoms with E-state index in [9.17, 15) is 14.3 Å². The Bertz CT molecular complexity index is 1500. The van der Waals surface area contributed by atoms with Gasteiger partial charge in [0.05, 0.1) is 19.8 Å². The van der Waals surface area contributed by atoms with Crippen LogP contribution in [0, 0.1) is 25.6 Å². The summed E-state index contributed by atoms with van der Waals surface area (Å²) in [6.45, 7) is 8.76. The lowest BCUT2D eigenvalue weighted by Crippen LogP contribution is -2.29. The summed E-state index contributed by atoms with van der Waals surface area (Å²) in [5.41, 5.74) is 5.46. The van der Waals surface area contributed by atoms with Crippen molar-refractivity contribution < 1.29 is 23.8 Å². The first-order valence-corrected chi connectivity index (χ1v) is 12.9. The van der Waals surface area contributed by atoms with Crippen LogP contribution < -0.4 is 9.47 Å². The van der Waals surface area contributed by atoms with Gasteiger partial charge >= 0.3 is 0 Å². The second kappa shape index (κ2) is 10.4. The Balaban J connectivity index is 1.65. The van der Waals surface area contributed by atoms with Crippen LogP contribution in [0.2, 0.25) is 0 Å². The van der Waals surface area contributed by atoms with Crippen molar-refractivity contribution in [2.75, 3.05) is 13.7 Å². The molecule has 8 heteroatoms. The van der Waals surface area contributed by atoms with Crippen LogP contribution in [-0.4, -0.2) is 39.8 Å². The molecule has 5 rings (SSSR count). The predicted molar refractivity (Wildman–Crippen MR) is 147 cm³/mol. The van der Waals surface area contributed by atoms with E-state index in [0.29, 0.717) is 46.5 Å². The lowest BCUT2D eigenvalue weighted by molar-refractivity contribution is 0.0730. The summed E-state index contributed by atoms with van der Waals surface area (Å²) >= 11 is 0. The number of phenolic OH excluding ortho intramolecular Hbond substituents is 1. The molecule has 39 heavy (non-hydrogen) atoms. The topological polar surface area (TPSA) is 87.7 Å². The number of halogens is 1. The van der Waals surface area contributed by atoms with Crippen LogP contribution >= 0.6 is 0 Å². The highest BCUT2D eigenvalue weighted by Crippen LogP contribution is 2.47. The maximum absolute atomic E-state index is 13.8. The number of carbonyl (C=O) groups is 1. The number of aromatic hydroxyl groups is 1. The van der Waals surface area contributed by atoms with Crippen molar-refractivity contribution in [3.63, 3.8) is 0 Å². The molecule has 0 aliphatic carbocycles. The van der Waals surface area contributed by atoms with Gasteiger partial charge in [0.15, 0.2) is 11.5 Å². The fraction of sp³-hybridized carbons (Fsp3) is 0.290. The third-order valence-corrected chi connectivity index (χ3v) is 6.90. The van der Waals surface area contributed by atoms with Crippen molar-refractivity contribution in [3.8, 4) is 28.5 Å². The van der Waals surface area contributed by atoms with Crippen molar-refractivity contribution in [2.45, 2.75) is 40.3 Å². The van der Waals surface area contributed by atoms with Crippen molar-refractivity contribution in [1.82, 2.24) is 15.1 Å². The Morgan fingerprint density at radius 2 is 1.82 bits per heavy atom. The number of hydrogen-bond acceptors (Lipinski definition) is 5. The number of amides is 1. The molecular weight excluding hydrogens is 497 g/mol. The number of aryl methyl sites for hydroxylation is 2. The molecule has 0 saturated heterocycles. The first kappa shape index (κ1) is 26.3. The second-order valence-electron chi connectivity index (χ2n) is 10.4. The number of fused-ring (bicyclic) bond motifs is 1. The van der Waals surface area contributed by atoms with Crippen LogP contribution in [-0.2, 0) is 6.54 Å². The summed E-state index contributed by atoms with van der Waals surface area (Å²) in [4.78, 5) is 15.5. The van der Waals surface area contributed by atoms with E-state index in [1.807, 2.05) is 38.1 Å². The first-order valence-electron chi connectivity index (χ1n) is 12.9. The van der Waals surface area contributed by atoms with Crippen LogP contribution in [0.4, 0.5) is 4.39 Å². The normalized spacial score (nSPS) is 14.7. The number of rotatable bonds is 8. The molecule has 1 aliphatic heterocycles. The van der Waals surface area contributed by atoms with Gasteiger partial charge in [-0.05, 0) is 72.4 Å². The number of aromatic amines is 1. The zero-order chi connectivity index (χ0) is 27.8. The maximum atomic E-state index is 13.8. The summed E-state index contributed by atoms with van der Waals surface area (Å²) in [5.74, 6) is 1.03. The van der Waals surface area contributed by atoms with Gasteiger partial charge < -0.3 is 19.5 Å². The summed E-state index contributed by atoms with van der Waals surface area (Å²) in [7, 11) is 1.58. The summed E-state index contributed by atoms with van der Waals surface area (Å²) < 4.78 is 25.3. The Hall–Kier alpha value is -4.33. The van der Waals surface area contributed by atoms with Crippen LogP contribution in [0.3, 0.4) is 0 Å². The quantitative estimate of drug-likeness (QED) is 0.279. The van der Waals surface area contributed by atoms with E-state index in [1.54, 1.807) is 30.2 Å². The van der Waals surface area contributed by atoms with Crippen LogP contribution in [0.5, 0.6) is 17.2 Å². The summed E-state index contributed by atoms with van der Waals surface area (Å²) in [5, 5.41) is 18.4. The number of nitrogens with zero attached hydrogens (tertiary/aromatic N) is 2. The van der Waals surface area contributed by atoms with Gasteiger partial charge in [0.2, 0.25) is 0 Å². The second-order valence-corrected chi connectivity index (χ2v) is 10.4. The fourth-order valence-electron chi connectivity index (χ4n) is 5.17. The molecule has 202 valence electrons. The molecular formula is C31H32FN3O4. The van der Waals surface area contributed by atoms with Gasteiger partial charge in [-0.3, -0.25) is 9.89 Å². The van der Waals surface area contributed by atoms with Crippen LogP contribution in [0.1, 0.15) is 58.2 Å². The van der Waals surface area contributed by atoms with E-state index < -0.39 is 6.04 Å². The lowest BCUT2D eigenvalue weighted by atomic mass is 9.93. The standard InChI is InChI=1S/C31H32FN3O4/c1-17(2)16-39-24-11-8-21(14-25(24)38-5)30-27-28(26-19(4)12-18(3)13-23(26)36)33-34-29(27)31(37)35(30)15-20-6-9-22(32)10-7-20/h6-14,17,30,36H,15-16H2,1-5H3,(H,33,34). The Kier molecular flexibility index (Phi) is 7.04. The number of benzene rings is 3. The highest BCUT2D eigenvalue weighted by atomic mass is 19.1. The third-order valence-electron chi connectivity index (χ3n) is 6.90. The number of ether oxygens (including phenoxy) is 2. The van der Waals surface area contributed by atoms with E-state index >= 15 is 0 Å². The molecule has 0 bridgehead atoms. The Labute approximate surface area is 227 Å². The number of H-pyrrole nitrogens is 1. The fourth-order valence-corrected chi connectivity index (χ4v) is 5.17. The van der Waals surface area contributed by atoms with Crippen molar-refractivity contribution >= 4 is 5.91 Å². The zero-order valence-electron chi connectivity index (χ0n) is 22.7. The SMILES string of the molecule is COc1cc(C2c3c(-c4c(C)cc(C)cc4O)n[nH]c3C(=O)N2Cc2ccc(F)cc2)ccc1OCC(C)C. The van der Waals surface area contributed by atoms with E-state index in [0.717, 1.165) is 22.3 Å². The zero-order valence-corrected chi connectivity index (χ0v) is 22.7. The van der Waals surface area contributed by atoms with Crippen LogP contribution in [0.15, 0.2) is 54.6 Å². The molecule has 1 aromatic heterocycles. The van der Waals surface area contributed by atoms with E-state index in [1.165, 1.54) is 12.1 Å². The molecule has 1 aliphatic rings. The summed E-state index contributed by atoms with van der Waals surface area (Å²) in [6, 6.07) is 14.9. The number of hydrogen-bond donors (Lipinski definition) is 2. The molecule has 1 atom stereocenters. The minimum absolute atomic E-state index is 0.0972. The van der Waals surface area contributed by atoms with Crippen LogP contribution in [0.25, 0.3) is 11.3 Å². The summed E-state index contributed by atoms with van der Waals surface area (Å²) in [6.07, 6.45) is 0. The molecule has 7 nitrogen and oxygen atoms in total.